The van der Waals surface area contributed by atoms with Gasteiger partial charge in [0.25, 0.3) is 5.91 Å². The van der Waals surface area contributed by atoms with Crippen LogP contribution in [0.3, 0.4) is 0 Å². The van der Waals surface area contributed by atoms with E-state index in [0.29, 0.717) is 42.9 Å². The Labute approximate surface area is 163 Å². The highest BCUT2D eigenvalue weighted by atomic mass is 16.5. The van der Waals surface area contributed by atoms with Crippen LogP contribution in [0.1, 0.15) is 43.0 Å². The number of rotatable bonds is 5. The maximum Gasteiger partial charge on any atom is 0.267 e. The van der Waals surface area contributed by atoms with E-state index in [1.54, 1.807) is 37.1 Å². The number of anilines is 1. The number of Topliss-reactive ketones (excluding diaryl/α,β-unsaturated/α-hetero) is 1. The van der Waals surface area contributed by atoms with Crippen LogP contribution in [0.5, 0.6) is 5.75 Å². The molecule has 0 saturated carbocycles. The van der Waals surface area contributed by atoms with Crippen LogP contribution in [0, 0.1) is 5.92 Å². The van der Waals surface area contributed by atoms with Crippen LogP contribution in [0.15, 0.2) is 18.2 Å². The summed E-state index contributed by atoms with van der Waals surface area (Å²) in [4.78, 5) is 51.3. The summed E-state index contributed by atoms with van der Waals surface area (Å²) >= 11 is 0. The van der Waals surface area contributed by atoms with Crippen LogP contribution in [0.4, 0.5) is 5.69 Å². The molecule has 150 valence electrons. The number of amides is 3. The summed E-state index contributed by atoms with van der Waals surface area (Å²) in [5.41, 5.74) is 6.30. The molecule has 28 heavy (non-hydrogen) atoms. The van der Waals surface area contributed by atoms with E-state index in [0.717, 1.165) is 0 Å². The fraction of sp³-hybridized carbons (Fsp3) is 0.500. The number of nitrogens with zero attached hydrogens (tertiary/aromatic N) is 2. The number of carbonyl (C=O) groups is 4. The molecule has 0 radical (unpaired) electrons. The van der Waals surface area contributed by atoms with E-state index in [1.165, 1.54) is 4.90 Å². The second kappa shape index (κ2) is 8.00. The van der Waals surface area contributed by atoms with Crippen LogP contribution >= 0.6 is 0 Å². The van der Waals surface area contributed by atoms with E-state index in [2.05, 4.69) is 0 Å². The standard InChI is InChI=1S/C20H25N3O5/c1-12-20(27)22(2)15-11-14(3-5-17(15)28-12)16(24)4-6-18(25)23-9-7-13(8-10-23)19(21)26/h3,5,11-13H,4,6-10H2,1-2H3,(H2,21,26). The molecule has 0 aromatic heterocycles. The number of nitrogens with two attached hydrogens (primary N) is 1. The first-order valence-corrected chi connectivity index (χ1v) is 9.46. The zero-order valence-corrected chi connectivity index (χ0v) is 16.1. The molecule has 2 heterocycles. The number of ether oxygens (including phenoxy) is 1. The molecule has 1 unspecified atom stereocenters. The highest BCUT2D eigenvalue weighted by Gasteiger charge is 2.30. The maximum atomic E-state index is 12.5. The third-order valence-corrected chi connectivity index (χ3v) is 5.44. The van der Waals surface area contributed by atoms with Crippen molar-refractivity contribution < 1.29 is 23.9 Å². The average molecular weight is 387 g/mol. The Morgan fingerprint density at radius 3 is 2.50 bits per heavy atom. The lowest BCUT2D eigenvalue weighted by molar-refractivity contribution is -0.134. The lowest BCUT2D eigenvalue weighted by Gasteiger charge is -2.31. The van der Waals surface area contributed by atoms with Gasteiger partial charge in [-0.05, 0) is 38.0 Å². The van der Waals surface area contributed by atoms with Crippen LogP contribution in [-0.4, -0.2) is 54.6 Å². The van der Waals surface area contributed by atoms with E-state index in [1.807, 2.05) is 0 Å². The molecule has 1 aromatic rings. The molecule has 1 aromatic carbocycles. The van der Waals surface area contributed by atoms with Gasteiger partial charge in [0, 0.05) is 44.5 Å². The third-order valence-electron chi connectivity index (χ3n) is 5.44. The number of hydrogen-bond donors (Lipinski definition) is 1. The Bertz CT molecular complexity index is 814. The van der Waals surface area contributed by atoms with Crippen molar-refractivity contribution in [3.8, 4) is 5.75 Å². The second-order valence-electron chi connectivity index (χ2n) is 7.32. The molecule has 2 N–H and O–H groups in total. The third kappa shape index (κ3) is 4.00. The number of ketones is 1. The van der Waals surface area contributed by atoms with Gasteiger partial charge in [-0.15, -0.1) is 0 Å². The van der Waals surface area contributed by atoms with Gasteiger partial charge >= 0.3 is 0 Å². The average Bonchev–Trinajstić information content (AvgIpc) is 2.70. The van der Waals surface area contributed by atoms with Crippen molar-refractivity contribution in [1.82, 2.24) is 4.90 Å². The minimum Gasteiger partial charge on any atom is -0.479 e. The molecule has 1 fully saturated rings. The molecule has 8 nitrogen and oxygen atoms in total. The van der Waals surface area contributed by atoms with Gasteiger partial charge in [-0.2, -0.15) is 0 Å². The number of benzene rings is 1. The lowest BCUT2D eigenvalue weighted by atomic mass is 9.96. The summed E-state index contributed by atoms with van der Waals surface area (Å²) in [6.07, 6.45) is 0.773. The Morgan fingerprint density at radius 1 is 1.18 bits per heavy atom. The summed E-state index contributed by atoms with van der Waals surface area (Å²) < 4.78 is 5.56. The van der Waals surface area contributed by atoms with Gasteiger partial charge in [-0.1, -0.05) is 0 Å². The minimum atomic E-state index is -0.560. The van der Waals surface area contributed by atoms with E-state index in [4.69, 9.17) is 10.5 Å². The summed E-state index contributed by atoms with van der Waals surface area (Å²) in [6, 6.07) is 4.96. The number of piperidine rings is 1. The molecule has 2 aliphatic heterocycles. The van der Waals surface area contributed by atoms with Crippen LogP contribution in [0.25, 0.3) is 0 Å². The predicted molar refractivity (Wildman–Crippen MR) is 102 cm³/mol. The molecule has 0 spiro atoms. The molecular weight excluding hydrogens is 362 g/mol. The fourth-order valence-electron chi connectivity index (χ4n) is 3.62. The van der Waals surface area contributed by atoms with Gasteiger partial charge in [-0.25, -0.2) is 0 Å². The molecule has 3 rings (SSSR count). The summed E-state index contributed by atoms with van der Waals surface area (Å²) in [5.74, 6) is -0.380. The number of hydrogen-bond acceptors (Lipinski definition) is 5. The highest BCUT2D eigenvalue weighted by molar-refractivity contribution is 6.03. The van der Waals surface area contributed by atoms with Gasteiger partial charge in [0.15, 0.2) is 11.9 Å². The monoisotopic (exact) mass is 387 g/mol. The second-order valence-corrected chi connectivity index (χ2v) is 7.32. The Balaban J connectivity index is 1.58. The number of primary amides is 1. The molecule has 3 amide bonds. The van der Waals surface area contributed by atoms with Crippen LogP contribution < -0.4 is 15.4 Å². The first-order valence-electron chi connectivity index (χ1n) is 9.46. The lowest BCUT2D eigenvalue weighted by Crippen LogP contribution is -2.42. The number of fused-ring (bicyclic) bond motifs is 1. The first-order chi connectivity index (χ1) is 13.3. The van der Waals surface area contributed by atoms with Crippen molar-refractivity contribution >= 4 is 29.2 Å². The summed E-state index contributed by atoms with van der Waals surface area (Å²) in [7, 11) is 1.65. The Morgan fingerprint density at radius 2 is 1.86 bits per heavy atom. The number of likely N-dealkylation sites (tertiary alicyclic amines) is 1. The molecule has 0 aliphatic carbocycles. The van der Waals surface area contributed by atoms with Gasteiger partial charge in [-0.3, -0.25) is 19.2 Å². The topological polar surface area (TPSA) is 110 Å². The Kier molecular flexibility index (Phi) is 5.67. The van der Waals surface area contributed by atoms with Gasteiger partial charge in [0.2, 0.25) is 11.8 Å². The fourth-order valence-corrected chi connectivity index (χ4v) is 3.62. The Hall–Kier alpha value is -2.90. The van der Waals surface area contributed by atoms with Crippen LogP contribution in [0.2, 0.25) is 0 Å². The first kappa shape index (κ1) is 19.9. The zero-order chi connectivity index (χ0) is 20.4. The normalized spacial score (nSPS) is 19.8. The molecule has 0 bridgehead atoms. The largest absolute Gasteiger partial charge is 0.479 e. The van der Waals surface area contributed by atoms with Crippen molar-refractivity contribution in [2.45, 2.75) is 38.7 Å². The van der Waals surface area contributed by atoms with E-state index in [9.17, 15) is 19.2 Å². The summed E-state index contributed by atoms with van der Waals surface area (Å²) in [6.45, 7) is 2.66. The highest BCUT2D eigenvalue weighted by Crippen LogP contribution is 2.34. The molecular formula is C20H25N3O5. The van der Waals surface area contributed by atoms with Crippen molar-refractivity contribution in [1.29, 1.82) is 0 Å². The van der Waals surface area contributed by atoms with Crippen molar-refractivity contribution in [2.75, 3.05) is 25.0 Å². The predicted octanol–water partition coefficient (Wildman–Crippen LogP) is 1.12. The van der Waals surface area contributed by atoms with E-state index >= 15 is 0 Å². The molecule has 8 heteroatoms. The smallest absolute Gasteiger partial charge is 0.267 e. The van der Waals surface area contributed by atoms with E-state index < -0.39 is 6.10 Å². The summed E-state index contributed by atoms with van der Waals surface area (Å²) in [5, 5.41) is 0. The van der Waals surface area contributed by atoms with Gasteiger partial charge in [0.05, 0.1) is 5.69 Å². The number of likely N-dealkylation sites (N-methyl/N-ethyl adjacent to an activating group) is 1. The quantitative estimate of drug-likeness (QED) is 0.761. The van der Waals surface area contributed by atoms with E-state index in [-0.39, 0.29) is 42.3 Å². The minimum absolute atomic E-state index is 0.0856. The SMILES string of the molecule is CC1Oc2ccc(C(=O)CCC(=O)N3CCC(C(N)=O)CC3)cc2N(C)C1=O. The molecule has 2 aliphatic rings. The van der Waals surface area contributed by atoms with Crippen molar-refractivity contribution in [2.24, 2.45) is 11.7 Å². The van der Waals surface area contributed by atoms with Crippen molar-refractivity contribution in [3.63, 3.8) is 0 Å². The number of carbonyl (C=O) groups excluding carboxylic acids is 4. The van der Waals surface area contributed by atoms with Gasteiger partial charge < -0.3 is 20.3 Å². The van der Waals surface area contributed by atoms with Gasteiger partial charge in [0.1, 0.15) is 5.75 Å². The molecule has 1 atom stereocenters. The maximum absolute atomic E-state index is 12.5. The van der Waals surface area contributed by atoms with Crippen LogP contribution in [-0.2, 0) is 14.4 Å². The van der Waals surface area contributed by atoms with Crippen molar-refractivity contribution in [3.05, 3.63) is 23.8 Å². The molecule has 1 saturated heterocycles. The zero-order valence-electron chi connectivity index (χ0n) is 16.1.